The predicted molar refractivity (Wildman–Crippen MR) is 73.4 cm³/mol. The second-order valence-electron chi connectivity index (χ2n) is 4.96. The van der Waals surface area contributed by atoms with E-state index in [4.69, 9.17) is 0 Å². The van der Waals surface area contributed by atoms with Gasteiger partial charge in [0.2, 0.25) is 0 Å². The Balaban J connectivity index is 1.85. The monoisotopic (exact) mass is 246 g/mol. The van der Waals surface area contributed by atoms with Crippen LogP contribution >= 0.6 is 0 Å². The highest BCUT2D eigenvalue weighted by molar-refractivity contribution is 5.10. The molecule has 98 valence electrons. The van der Waals surface area contributed by atoms with Crippen molar-refractivity contribution < 1.29 is 0 Å². The summed E-state index contributed by atoms with van der Waals surface area (Å²) in [6.07, 6.45) is 8.23. The van der Waals surface area contributed by atoms with Gasteiger partial charge in [0, 0.05) is 50.5 Å². The smallest absolute Gasteiger partial charge is 0.105 e. The summed E-state index contributed by atoms with van der Waals surface area (Å²) in [5, 5.41) is 3.43. The molecular formula is C14H22N4. The lowest BCUT2D eigenvalue weighted by Gasteiger charge is -2.07. The van der Waals surface area contributed by atoms with Gasteiger partial charge in [0.15, 0.2) is 0 Å². The van der Waals surface area contributed by atoms with Crippen LogP contribution in [0.1, 0.15) is 25.2 Å². The van der Waals surface area contributed by atoms with Crippen molar-refractivity contribution in [3.05, 3.63) is 42.2 Å². The van der Waals surface area contributed by atoms with E-state index in [1.165, 1.54) is 5.56 Å². The van der Waals surface area contributed by atoms with E-state index in [0.717, 1.165) is 25.5 Å². The van der Waals surface area contributed by atoms with Crippen molar-refractivity contribution in [1.29, 1.82) is 0 Å². The fraction of sp³-hybridized carbons (Fsp3) is 0.500. The zero-order valence-corrected chi connectivity index (χ0v) is 11.4. The molecule has 0 saturated carbocycles. The molecule has 0 saturated heterocycles. The average molecular weight is 246 g/mol. The minimum atomic E-state index is 0.530. The average Bonchev–Trinajstić information content (AvgIpc) is 2.93. The van der Waals surface area contributed by atoms with Gasteiger partial charge in [-0.3, -0.25) is 0 Å². The Bertz CT molecular complexity index is 481. The van der Waals surface area contributed by atoms with Crippen LogP contribution in [0.3, 0.4) is 0 Å². The number of nitrogens with one attached hydrogen (secondary N) is 1. The van der Waals surface area contributed by atoms with Gasteiger partial charge in [0.25, 0.3) is 0 Å². The molecule has 4 heteroatoms. The van der Waals surface area contributed by atoms with Crippen molar-refractivity contribution in [1.82, 2.24) is 19.4 Å². The summed E-state index contributed by atoms with van der Waals surface area (Å²) in [5.74, 6) is 1.07. The van der Waals surface area contributed by atoms with Crippen LogP contribution in [0, 0.1) is 6.92 Å². The largest absolute Gasteiger partial charge is 0.352 e. The molecule has 2 aromatic heterocycles. The molecular weight excluding hydrogens is 224 g/mol. The zero-order valence-electron chi connectivity index (χ0n) is 11.4. The normalized spacial score (nSPS) is 11.3. The summed E-state index contributed by atoms with van der Waals surface area (Å²) in [4.78, 5) is 4.23. The second kappa shape index (κ2) is 5.87. The number of hydrogen-bond donors (Lipinski definition) is 1. The Hall–Kier alpha value is -1.55. The highest BCUT2D eigenvalue weighted by Crippen LogP contribution is 2.03. The Morgan fingerprint density at radius 3 is 2.78 bits per heavy atom. The molecule has 0 bridgehead atoms. The van der Waals surface area contributed by atoms with Crippen LogP contribution in [0.4, 0.5) is 0 Å². The molecule has 2 aromatic rings. The third-order valence-corrected chi connectivity index (χ3v) is 3.05. The molecule has 1 N–H and O–H groups in total. The van der Waals surface area contributed by atoms with Gasteiger partial charge in [-0.05, 0) is 18.6 Å². The van der Waals surface area contributed by atoms with Crippen LogP contribution in [0.5, 0.6) is 0 Å². The maximum atomic E-state index is 4.23. The van der Waals surface area contributed by atoms with Crippen molar-refractivity contribution in [2.75, 3.05) is 0 Å². The molecule has 2 heterocycles. The zero-order chi connectivity index (χ0) is 13.0. The molecule has 0 unspecified atom stereocenters. The first-order valence-electron chi connectivity index (χ1n) is 6.51. The second-order valence-corrected chi connectivity index (χ2v) is 4.96. The van der Waals surface area contributed by atoms with Crippen LogP contribution in [0.2, 0.25) is 0 Å². The van der Waals surface area contributed by atoms with E-state index in [2.05, 4.69) is 51.7 Å². The summed E-state index contributed by atoms with van der Waals surface area (Å²) >= 11 is 0. The molecule has 0 amide bonds. The van der Waals surface area contributed by atoms with Gasteiger partial charge in [-0.2, -0.15) is 0 Å². The quantitative estimate of drug-likeness (QED) is 0.848. The first-order chi connectivity index (χ1) is 8.65. The minimum Gasteiger partial charge on any atom is -0.352 e. The Morgan fingerprint density at radius 1 is 1.28 bits per heavy atom. The number of aryl methyl sites for hydroxylation is 3. The standard InChI is InChI=1S/C14H22N4/c1-12(2)16-10-14-4-6-17(11-14)8-9-18-7-5-15-13(18)3/h4-7,11-12,16H,8-10H2,1-3H3. The molecule has 0 aromatic carbocycles. The van der Waals surface area contributed by atoms with Gasteiger partial charge in [-0.15, -0.1) is 0 Å². The van der Waals surface area contributed by atoms with E-state index in [-0.39, 0.29) is 0 Å². The number of nitrogens with zero attached hydrogens (tertiary/aromatic N) is 3. The van der Waals surface area contributed by atoms with E-state index >= 15 is 0 Å². The van der Waals surface area contributed by atoms with E-state index in [1.807, 2.05) is 19.3 Å². The van der Waals surface area contributed by atoms with Gasteiger partial charge in [0.05, 0.1) is 0 Å². The lowest BCUT2D eigenvalue weighted by molar-refractivity contribution is 0.564. The maximum absolute atomic E-state index is 4.23. The lowest BCUT2D eigenvalue weighted by Crippen LogP contribution is -2.21. The van der Waals surface area contributed by atoms with Gasteiger partial charge < -0.3 is 14.5 Å². The van der Waals surface area contributed by atoms with Crippen molar-refractivity contribution in [2.24, 2.45) is 0 Å². The molecule has 4 nitrogen and oxygen atoms in total. The SMILES string of the molecule is Cc1nccn1CCn1ccc(CNC(C)C)c1. The topological polar surface area (TPSA) is 34.8 Å². The van der Waals surface area contributed by atoms with E-state index in [1.54, 1.807) is 0 Å². The van der Waals surface area contributed by atoms with Gasteiger partial charge >= 0.3 is 0 Å². The summed E-state index contributed by atoms with van der Waals surface area (Å²) in [7, 11) is 0. The lowest BCUT2D eigenvalue weighted by atomic mass is 10.3. The van der Waals surface area contributed by atoms with Crippen molar-refractivity contribution in [2.45, 2.75) is 46.4 Å². The number of aromatic nitrogens is 3. The maximum Gasteiger partial charge on any atom is 0.105 e. The molecule has 0 aliphatic rings. The molecule has 0 spiro atoms. The number of rotatable bonds is 6. The van der Waals surface area contributed by atoms with Crippen LogP contribution in [0.25, 0.3) is 0 Å². The number of hydrogen-bond acceptors (Lipinski definition) is 2. The number of imidazole rings is 1. The van der Waals surface area contributed by atoms with Crippen molar-refractivity contribution >= 4 is 0 Å². The molecule has 0 radical (unpaired) electrons. The van der Waals surface area contributed by atoms with Crippen LogP contribution < -0.4 is 5.32 Å². The van der Waals surface area contributed by atoms with Crippen LogP contribution in [-0.2, 0) is 19.6 Å². The highest BCUT2D eigenvalue weighted by atomic mass is 15.1. The van der Waals surface area contributed by atoms with Crippen LogP contribution in [-0.4, -0.2) is 20.2 Å². The van der Waals surface area contributed by atoms with Gasteiger partial charge in [-0.25, -0.2) is 4.98 Å². The molecule has 0 atom stereocenters. The summed E-state index contributed by atoms with van der Waals surface area (Å²) in [6, 6.07) is 2.71. The van der Waals surface area contributed by atoms with E-state index in [0.29, 0.717) is 6.04 Å². The van der Waals surface area contributed by atoms with E-state index in [9.17, 15) is 0 Å². The third-order valence-electron chi connectivity index (χ3n) is 3.05. The van der Waals surface area contributed by atoms with Gasteiger partial charge in [0.1, 0.15) is 5.82 Å². The minimum absolute atomic E-state index is 0.530. The Kier molecular flexibility index (Phi) is 4.20. The van der Waals surface area contributed by atoms with Crippen molar-refractivity contribution in [3.63, 3.8) is 0 Å². The summed E-state index contributed by atoms with van der Waals surface area (Å²) in [6.45, 7) is 9.26. The van der Waals surface area contributed by atoms with E-state index < -0.39 is 0 Å². The first kappa shape index (κ1) is 12.9. The third kappa shape index (κ3) is 3.47. The fourth-order valence-electron chi connectivity index (χ4n) is 1.92. The van der Waals surface area contributed by atoms with Crippen LogP contribution in [0.15, 0.2) is 30.9 Å². The highest BCUT2D eigenvalue weighted by Gasteiger charge is 2.00. The Labute approximate surface area is 109 Å². The summed E-state index contributed by atoms with van der Waals surface area (Å²) in [5.41, 5.74) is 1.34. The first-order valence-corrected chi connectivity index (χ1v) is 6.51. The molecule has 2 rings (SSSR count). The molecule has 0 aliphatic carbocycles. The predicted octanol–water partition coefficient (Wildman–Crippen LogP) is 2.19. The van der Waals surface area contributed by atoms with Crippen molar-refractivity contribution in [3.8, 4) is 0 Å². The molecule has 0 fully saturated rings. The molecule has 18 heavy (non-hydrogen) atoms. The summed E-state index contributed by atoms with van der Waals surface area (Å²) < 4.78 is 4.41. The molecule has 0 aliphatic heterocycles. The Morgan fingerprint density at radius 2 is 2.11 bits per heavy atom. The fourth-order valence-corrected chi connectivity index (χ4v) is 1.92. The van der Waals surface area contributed by atoms with Gasteiger partial charge in [-0.1, -0.05) is 13.8 Å².